The summed E-state index contributed by atoms with van der Waals surface area (Å²) in [6, 6.07) is 7.99. The summed E-state index contributed by atoms with van der Waals surface area (Å²) < 4.78 is 0. The normalized spacial score (nSPS) is 18.9. The van der Waals surface area contributed by atoms with Crippen molar-refractivity contribution in [1.29, 1.82) is 0 Å². The van der Waals surface area contributed by atoms with E-state index in [-0.39, 0.29) is 30.7 Å². The van der Waals surface area contributed by atoms with E-state index in [0.717, 1.165) is 43.4 Å². The first kappa shape index (κ1) is 19.4. The van der Waals surface area contributed by atoms with Gasteiger partial charge >= 0.3 is 0 Å². The third kappa shape index (κ3) is 3.99. The molecule has 0 bridgehead atoms. The van der Waals surface area contributed by atoms with E-state index in [9.17, 15) is 14.4 Å². The lowest BCUT2D eigenvalue weighted by atomic mass is 9.73. The second-order valence-corrected chi connectivity index (χ2v) is 8.11. The molecule has 146 valence electrons. The molecule has 27 heavy (non-hydrogen) atoms. The van der Waals surface area contributed by atoms with E-state index < -0.39 is 5.41 Å². The number of carbonyl (C=O) groups is 3. The Kier molecular flexibility index (Phi) is 5.53. The van der Waals surface area contributed by atoms with Gasteiger partial charge in [-0.3, -0.25) is 19.3 Å². The highest BCUT2D eigenvalue weighted by molar-refractivity contribution is 6.08. The van der Waals surface area contributed by atoms with Crippen molar-refractivity contribution < 1.29 is 14.4 Å². The highest BCUT2D eigenvalue weighted by atomic mass is 16.2. The smallest absolute Gasteiger partial charge is 0.242 e. The van der Waals surface area contributed by atoms with Crippen molar-refractivity contribution >= 4 is 23.4 Å². The fraction of sp³-hybridized carbons (Fsp3) is 0.571. The second kappa shape index (κ2) is 7.71. The topological polar surface area (TPSA) is 60.9 Å². The quantitative estimate of drug-likeness (QED) is 0.746. The van der Waals surface area contributed by atoms with E-state index in [4.69, 9.17) is 0 Å². The first-order chi connectivity index (χ1) is 12.8. The van der Waals surface area contributed by atoms with Crippen LogP contribution in [0.2, 0.25) is 0 Å². The molecule has 6 heteroatoms. The Hall–Kier alpha value is -2.37. The number of benzene rings is 1. The lowest BCUT2D eigenvalue weighted by Crippen LogP contribution is -2.43. The van der Waals surface area contributed by atoms with Gasteiger partial charge in [-0.15, -0.1) is 0 Å². The van der Waals surface area contributed by atoms with Gasteiger partial charge in [0.05, 0.1) is 5.41 Å². The van der Waals surface area contributed by atoms with Gasteiger partial charge in [0.2, 0.25) is 17.7 Å². The summed E-state index contributed by atoms with van der Waals surface area (Å²) in [5, 5.41) is 0. The average Bonchev–Trinajstić information content (AvgIpc) is 2.86. The molecule has 2 fully saturated rings. The molecule has 0 unspecified atom stereocenters. The number of likely N-dealkylation sites (tertiary alicyclic amines) is 1. The number of nitrogens with zero attached hydrogens (tertiary/aromatic N) is 3. The van der Waals surface area contributed by atoms with Crippen molar-refractivity contribution in [1.82, 2.24) is 9.80 Å². The van der Waals surface area contributed by atoms with Gasteiger partial charge in [-0.25, -0.2) is 0 Å². The molecule has 1 heterocycles. The number of hydrogen-bond donors (Lipinski definition) is 0. The first-order valence-electron chi connectivity index (χ1n) is 9.67. The molecule has 1 saturated heterocycles. The minimum Gasteiger partial charge on any atom is -0.378 e. The van der Waals surface area contributed by atoms with Crippen molar-refractivity contribution in [2.75, 3.05) is 32.6 Å². The standard InChI is InChI=1S/C21H29N3O3/c1-22(2)17-9-7-16(8-10-17)14-23(3)19(26)15-24-18(25)13-21(20(24)27)11-5-4-6-12-21/h7-10H,4-6,11-15H2,1-3H3. The summed E-state index contributed by atoms with van der Waals surface area (Å²) in [7, 11) is 5.67. The van der Waals surface area contributed by atoms with E-state index in [1.165, 1.54) is 4.90 Å². The molecule has 0 aromatic heterocycles. The Morgan fingerprint density at radius 1 is 1.04 bits per heavy atom. The van der Waals surface area contributed by atoms with Crippen LogP contribution in [0.25, 0.3) is 0 Å². The van der Waals surface area contributed by atoms with Crippen LogP contribution in [-0.4, -0.2) is 55.2 Å². The zero-order valence-corrected chi connectivity index (χ0v) is 16.5. The third-order valence-corrected chi connectivity index (χ3v) is 5.89. The number of rotatable bonds is 5. The van der Waals surface area contributed by atoms with Gasteiger partial charge < -0.3 is 9.80 Å². The number of hydrogen-bond acceptors (Lipinski definition) is 4. The maximum Gasteiger partial charge on any atom is 0.242 e. The second-order valence-electron chi connectivity index (χ2n) is 8.11. The predicted octanol–water partition coefficient (Wildman–Crippen LogP) is 2.42. The van der Waals surface area contributed by atoms with Crippen LogP contribution in [0.15, 0.2) is 24.3 Å². The maximum absolute atomic E-state index is 12.8. The number of imide groups is 1. The predicted molar refractivity (Wildman–Crippen MR) is 104 cm³/mol. The van der Waals surface area contributed by atoms with Crippen LogP contribution in [0.4, 0.5) is 5.69 Å². The van der Waals surface area contributed by atoms with E-state index in [1.54, 1.807) is 11.9 Å². The summed E-state index contributed by atoms with van der Waals surface area (Å²) in [6.45, 7) is 0.305. The Labute approximate surface area is 161 Å². The van der Waals surface area contributed by atoms with Crippen LogP contribution in [0, 0.1) is 5.41 Å². The van der Waals surface area contributed by atoms with Crippen molar-refractivity contribution in [3.63, 3.8) is 0 Å². The van der Waals surface area contributed by atoms with Gasteiger partial charge in [0.1, 0.15) is 6.54 Å². The number of amides is 3. The zero-order chi connectivity index (χ0) is 19.6. The number of anilines is 1. The van der Waals surface area contributed by atoms with Crippen molar-refractivity contribution in [3.8, 4) is 0 Å². The third-order valence-electron chi connectivity index (χ3n) is 5.89. The summed E-state index contributed by atoms with van der Waals surface area (Å²) in [4.78, 5) is 42.7. The SMILES string of the molecule is CN(Cc1ccc(N(C)C)cc1)C(=O)CN1C(=O)CC2(CCCCC2)C1=O. The Morgan fingerprint density at radius 2 is 1.67 bits per heavy atom. The van der Waals surface area contributed by atoms with Crippen LogP contribution < -0.4 is 4.90 Å². The van der Waals surface area contributed by atoms with Gasteiger partial charge in [0, 0.05) is 39.8 Å². The van der Waals surface area contributed by atoms with E-state index in [0.29, 0.717) is 6.54 Å². The Balaban J connectivity index is 1.60. The minimum atomic E-state index is -0.532. The Morgan fingerprint density at radius 3 is 2.26 bits per heavy atom. The van der Waals surface area contributed by atoms with Gasteiger partial charge in [-0.05, 0) is 30.5 Å². The van der Waals surface area contributed by atoms with Crippen LogP contribution in [0.5, 0.6) is 0 Å². The van der Waals surface area contributed by atoms with Crippen molar-refractivity contribution in [2.24, 2.45) is 5.41 Å². The summed E-state index contributed by atoms with van der Waals surface area (Å²) >= 11 is 0. The lowest BCUT2D eigenvalue weighted by molar-refractivity contribution is -0.147. The van der Waals surface area contributed by atoms with E-state index >= 15 is 0 Å². The van der Waals surface area contributed by atoms with Gasteiger partial charge in [-0.2, -0.15) is 0 Å². The van der Waals surface area contributed by atoms with Gasteiger partial charge in [0.25, 0.3) is 0 Å². The molecule has 1 aliphatic heterocycles. The largest absolute Gasteiger partial charge is 0.378 e. The number of likely N-dealkylation sites (N-methyl/N-ethyl adjacent to an activating group) is 1. The summed E-state index contributed by atoms with van der Waals surface area (Å²) in [5.41, 5.74) is 1.58. The Bertz CT molecular complexity index is 721. The molecule has 1 aromatic carbocycles. The highest BCUT2D eigenvalue weighted by Crippen LogP contribution is 2.45. The molecule has 0 atom stereocenters. The first-order valence-corrected chi connectivity index (χ1v) is 9.67. The molecule has 1 aromatic rings. The minimum absolute atomic E-state index is 0.135. The van der Waals surface area contributed by atoms with Crippen molar-refractivity contribution in [3.05, 3.63) is 29.8 Å². The van der Waals surface area contributed by atoms with Crippen LogP contribution in [-0.2, 0) is 20.9 Å². The molecule has 2 aliphatic rings. The fourth-order valence-corrected chi connectivity index (χ4v) is 4.16. The number of carbonyl (C=O) groups excluding carboxylic acids is 3. The molecule has 1 spiro atoms. The maximum atomic E-state index is 12.8. The van der Waals surface area contributed by atoms with Gasteiger partial charge in [-0.1, -0.05) is 31.4 Å². The molecule has 0 radical (unpaired) electrons. The van der Waals surface area contributed by atoms with Gasteiger partial charge in [0.15, 0.2) is 0 Å². The molecular formula is C21H29N3O3. The lowest BCUT2D eigenvalue weighted by Gasteiger charge is -2.30. The van der Waals surface area contributed by atoms with Crippen LogP contribution in [0.3, 0.4) is 0 Å². The molecule has 1 saturated carbocycles. The molecular weight excluding hydrogens is 342 g/mol. The van der Waals surface area contributed by atoms with E-state index in [1.807, 2.05) is 43.3 Å². The molecule has 6 nitrogen and oxygen atoms in total. The fourth-order valence-electron chi connectivity index (χ4n) is 4.16. The molecule has 0 N–H and O–H groups in total. The van der Waals surface area contributed by atoms with E-state index in [2.05, 4.69) is 0 Å². The van der Waals surface area contributed by atoms with Crippen LogP contribution in [0.1, 0.15) is 44.1 Å². The molecule has 1 aliphatic carbocycles. The highest BCUT2D eigenvalue weighted by Gasteiger charge is 2.51. The van der Waals surface area contributed by atoms with Crippen molar-refractivity contribution in [2.45, 2.75) is 45.1 Å². The zero-order valence-electron chi connectivity index (χ0n) is 16.5. The molecule has 3 amide bonds. The average molecular weight is 371 g/mol. The summed E-state index contributed by atoms with van der Waals surface area (Å²) in [5.74, 6) is -0.537. The monoisotopic (exact) mass is 371 g/mol. The van der Waals surface area contributed by atoms with Crippen LogP contribution >= 0.6 is 0 Å². The molecule has 3 rings (SSSR count). The summed E-state index contributed by atoms with van der Waals surface area (Å²) in [6.07, 6.45) is 4.92.